The molecule has 0 radical (unpaired) electrons. The van der Waals surface area contributed by atoms with E-state index in [0.717, 1.165) is 10.9 Å². The maximum atomic E-state index is 11.4. The number of nitrogens with one attached hydrogen (secondary N) is 1. The molecule has 1 heterocycles. The summed E-state index contributed by atoms with van der Waals surface area (Å²) in [7, 11) is -4.27. The molecule has 0 bridgehead atoms. The summed E-state index contributed by atoms with van der Waals surface area (Å²) in [5, 5.41) is 9.70. The lowest BCUT2D eigenvalue weighted by Crippen LogP contribution is -2.02. The number of rotatable bonds is 4. The Morgan fingerprint density at radius 3 is 2.65 bits per heavy atom. The molecule has 0 saturated carbocycles. The maximum absolute atomic E-state index is 11.4. The number of hydrogen-bond donors (Lipinski definition) is 4. The van der Waals surface area contributed by atoms with Gasteiger partial charge < -0.3 is 19.9 Å². The third kappa shape index (κ3) is 2.42. The molecule has 0 aliphatic rings. The van der Waals surface area contributed by atoms with Gasteiger partial charge in [-0.2, -0.15) is 0 Å². The summed E-state index contributed by atoms with van der Waals surface area (Å²) >= 11 is 0. The van der Waals surface area contributed by atoms with Crippen molar-refractivity contribution in [3.05, 3.63) is 36.0 Å². The van der Waals surface area contributed by atoms with Crippen molar-refractivity contribution in [2.45, 2.75) is 12.1 Å². The van der Waals surface area contributed by atoms with Crippen molar-refractivity contribution in [1.82, 2.24) is 4.98 Å². The molecule has 0 aliphatic heterocycles. The highest BCUT2D eigenvalue weighted by atomic mass is 31.2. The number of fused-ring (bicyclic) bond motifs is 1. The van der Waals surface area contributed by atoms with Crippen LogP contribution in [0.15, 0.2) is 30.5 Å². The molecule has 1 aromatic heterocycles. The fraction of sp³-hybridized carbons (Fsp3) is 0.273. The minimum atomic E-state index is -4.27. The standard InChI is InChI=1S/C11H14NO4P/c13-6-5-11(17(14,15)16)9-7-12-10-4-2-1-3-8(9)10/h1-4,7,11-13H,5-6H2,(H2,14,15,16). The van der Waals surface area contributed by atoms with Crippen LogP contribution < -0.4 is 0 Å². The first kappa shape index (κ1) is 12.3. The van der Waals surface area contributed by atoms with E-state index in [0.29, 0.717) is 5.56 Å². The van der Waals surface area contributed by atoms with Crippen LogP contribution in [0.1, 0.15) is 17.6 Å². The molecule has 0 spiro atoms. The number of hydrogen-bond acceptors (Lipinski definition) is 2. The Morgan fingerprint density at radius 2 is 2.00 bits per heavy atom. The predicted octanol–water partition coefficient (Wildman–Crippen LogP) is 1.77. The number of H-pyrrole nitrogens is 1. The van der Waals surface area contributed by atoms with E-state index in [4.69, 9.17) is 5.11 Å². The van der Waals surface area contributed by atoms with Crippen LogP contribution in [0.2, 0.25) is 0 Å². The van der Waals surface area contributed by atoms with E-state index in [-0.39, 0.29) is 13.0 Å². The van der Waals surface area contributed by atoms with Crippen LogP contribution in [0.3, 0.4) is 0 Å². The van der Waals surface area contributed by atoms with Gasteiger partial charge in [0.25, 0.3) is 0 Å². The summed E-state index contributed by atoms with van der Waals surface area (Å²) in [4.78, 5) is 21.6. The average Bonchev–Trinajstić information content (AvgIpc) is 2.68. The zero-order valence-electron chi connectivity index (χ0n) is 9.08. The fourth-order valence-corrected chi connectivity index (χ4v) is 3.02. The third-order valence-electron chi connectivity index (χ3n) is 2.79. The Hall–Kier alpha value is -1.13. The fourth-order valence-electron chi connectivity index (χ4n) is 2.00. The van der Waals surface area contributed by atoms with Gasteiger partial charge in [0.1, 0.15) is 0 Å². The second-order valence-electron chi connectivity index (χ2n) is 3.91. The number of aromatic amines is 1. The van der Waals surface area contributed by atoms with E-state index < -0.39 is 13.3 Å². The van der Waals surface area contributed by atoms with Crippen LogP contribution in [0.5, 0.6) is 0 Å². The van der Waals surface area contributed by atoms with Crippen molar-refractivity contribution in [1.29, 1.82) is 0 Å². The minimum Gasteiger partial charge on any atom is -0.396 e. The molecule has 2 aromatic rings. The van der Waals surface area contributed by atoms with E-state index in [1.165, 1.54) is 0 Å². The van der Waals surface area contributed by atoms with Gasteiger partial charge >= 0.3 is 7.60 Å². The highest BCUT2D eigenvalue weighted by molar-refractivity contribution is 7.52. The van der Waals surface area contributed by atoms with Crippen LogP contribution in [0.4, 0.5) is 0 Å². The lowest BCUT2D eigenvalue weighted by molar-refractivity contribution is 0.274. The van der Waals surface area contributed by atoms with Gasteiger partial charge in [-0.25, -0.2) is 0 Å². The quantitative estimate of drug-likeness (QED) is 0.626. The van der Waals surface area contributed by atoms with Gasteiger partial charge in [0, 0.05) is 23.7 Å². The molecule has 4 N–H and O–H groups in total. The average molecular weight is 255 g/mol. The Kier molecular flexibility index (Phi) is 3.35. The number of aromatic nitrogens is 1. The van der Waals surface area contributed by atoms with Gasteiger partial charge in [-0.1, -0.05) is 18.2 Å². The summed E-state index contributed by atoms with van der Waals surface area (Å²) in [6.07, 6.45) is 1.65. The zero-order valence-corrected chi connectivity index (χ0v) is 9.97. The molecule has 5 nitrogen and oxygen atoms in total. The summed E-state index contributed by atoms with van der Waals surface area (Å²) in [5.41, 5.74) is 0.436. The normalized spacial score (nSPS) is 14.1. The lowest BCUT2D eigenvalue weighted by Gasteiger charge is -2.16. The molecule has 17 heavy (non-hydrogen) atoms. The highest BCUT2D eigenvalue weighted by Gasteiger charge is 2.31. The first-order valence-electron chi connectivity index (χ1n) is 5.26. The molecule has 1 unspecified atom stereocenters. The van der Waals surface area contributed by atoms with Crippen molar-refractivity contribution < 1.29 is 19.5 Å². The smallest absolute Gasteiger partial charge is 0.333 e. The first-order valence-corrected chi connectivity index (χ1v) is 6.94. The molecule has 0 fully saturated rings. The monoisotopic (exact) mass is 255 g/mol. The molecular formula is C11H14NO4P. The molecular weight excluding hydrogens is 241 g/mol. The number of aliphatic hydroxyl groups is 1. The molecule has 0 amide bonds. The number of para-hydroxylation sites is 1. The van der Waals surface area contributed by atoms with Crippen LogP contribution in [-0.4, -0.2) is 26.5 Å². The van der Waals surface area contributed by atoms with Crippen molar-refractivity contribution >= 4 is 18.5 Å². The largest absolute Gasteiger partial charge is 0.396 e. The van der Waals surface area contributed by atoms with Crippen LogP contribution >= 0.6 is 7.60 Å². The van der Waals surface area contributed by atoms with E-state index in [9.17, 15) is 14.4 Å². The second kappa shape index (κ2) is 4.63. The van der Waals surface area contributed by atoms with Crippen LogP contribution in [0, 0.1) is 0 Å². The predicted molar refractivity (Wildman–Crippen MR) is 64.8 cm³/mol. The Morgan fingerprint density at radius 1 is 1.29 bits per heavy atom. The van der Waals surface area contributed by atoms with E-state index in [1.807, 2.05) is 18.2 Å². The SMILES string of the molecule is O=P(O)(O)C(CCO)c1c[nH]c2ccccc12. The zero-order chi connectivity index (χ0) is 12.5. The van der Waals surface area contributed by atoms with Crippen molar-refractivity contribution in [2.75, 3.05) is 6.61 Å². The molecule has 2 rings (SSSR count). The summed E-state index contributed by atoms with van der Waals surface area (Å²) in [6, 6.07) is 7.31. The van der Waals surface area contributed by atoms with Gasteiger partial charge in [-0.15, -0.1) is 0 Å². The first-order chi connectivity index (χ1) is 8.04. The van der Waals surface area contributed by atoms with Crippen molar-refractivity contribution in [3.63, 3.8) is 0 Å². The van der Waals surface area contributed by atoms with Crippen molar-refractivity contribution in [3.8, 4) is 0 Å². The summed E-state index contributed by atoms with van der Waals surface area (Å²) in [5.74, 6) is 0. The van der Waals surface area contributed by atoms with Gasteiger partial charge in [-0.05, 0) is 18.1 Å². The van der Waals surface area contributed by atoms with Gasteiger partial charge in [-0.3, -0.25) is 4.57 Å². The maximum Gasteiger partial charge on any atom is 0.333 e. The molecule has 0 aliphatic carbocycles. The Labute approximate surface area is 98.3 Å². The van der Waals surface area contributed by atoms with Crippen molar-refractivity contribution in [2.24, 2.45) is 0 Å². The Balaban J connectivity index is 2.53. The molecule has 92 valence electrons. The summed E-state index contributed by atoms with van der Waals surface area (Å²) < 4.78 is 11.4. The van der Waals surface area contributed by atoms with Crippen LogP contribution in [0.25, 0.3) is 10.9 Å². The number of aliphatic hydroxyl groups excluding tert-OH is 1. The van der Waals surface area contributed by atoms with Crippen LogP contribution in [-0.2, 0) is 4.57 Å². The Bertz CT molecular complexity index is 559. The van der Waals surface area contributed by atoms with Gasteiger partial charge in [0.05, 0.1) is 5.66 Å². The van der Waals surface area contributed by atoms with Gasteiger partial charge in [0.15, 0.2) is 0 Å². The lowest BCUT2D eigenvalue weighted by atomic mass is 10.1. The molecule has 1 atom stereocenters. The van der Waals surface area contributed by atoms with E-state index in [1.54, 1.807) is 12.3 Å². The van der Waals surface area contributed by atoms with Gasteiger partial charge in [0.2, 0.25) is 0 Å². The topological polar surface area (TPSA) is 93.6 Å². The highest BCUT2D eigenvalue weighted by Crippen LogP contribution is 2.54. The van der Waals surface area contributed by atoms with E-state index >= 15 is 0 Å². The third-order valence-corrected chi connectivity index (χ3v) is 4.14. The second-order valence-corrected chi connectivity index (χ2v) is 5.71. The molecule has 6 heteroatoms. The molecule has 1 aromatic carbocycles. The minimum absolute atomic E-state index is 0.0477. The summed E-state index contributed by atoms with van der Waals surface area (Å²) in [6.45, 7) is -0.255. The van der Waals surface area contributed by atoms with E-state index in [2.05, 4.69) is 4.98 Å². The molecule has 0 saturated heterocycles. The number of benzene rings is 1.